The van der Waals surface area contributed by atoms with E-state index >= 15 is 0 Å². The molecule has 1 aliphatic carbocycles. The van der Waals surface area contributed by atoms with Crippen LogP contribution >= 0.6 is 0 Å². The topological polar surface area (TPSA) is 78.2 Å². The van der Waals surface area contributed by atoms with Gasteiger partial charge in [0.1, 0.15) is 0 Å². The second-order valence-electron chi connectivity index (χ2n) is 8.08. The maximum atomic E-state index is 12.9. The van der Waals surface area contributed by atoms with Crippen molar-refractivity contribution in [2.24, 2.45) is 5.92 Å². The molecule has 30 heavy (non-hydrogen) atoms. The number of pyridine rings is 1. The SMILES string of the molecule is O=c1[nH]cc(-c2c3c(n4ccccc24)CCC(CO)C3)n1-c1c[nH]c2ccccc12. The minimum Gasteiger partial charge on any atom is -0.396 e. The number of H-pyrrole nitrogens is 2. The van der Waals surface area contributed by atoms with Crippen molar-refractivity contribution >= 4 is 16.4 Å². The maximum absolute atomic E-state index is 12.9. The minimum absolute atomic E-state index is 0.159. The average molecular weight is 398 g/mol. The van der Waals surface area contributed by atoms with Crippen molar-refractivity contribution < 1.29 is 5.11 Å². The number of fused-ring (bicyclic) bond motifs is 4. The van der Waals surface area contributed by atoms with Crippen molar-refractivity contribution in [2.45, 2.75) is 19.3 Å². The third-order valence-electron chi connectivity index (χ3n) is 6.44. The maximum Gasteiger partial charge on any atom is 0.330 e. The van der Waals surface area contributed by atoms with Gasteiger partial charge < -0.3 is 19.5 Å². The summed E-state index contributed by atoms with van der Waals surface area (Å²) in [6.45, 7) is 0.188. The zero-order valence-electron chi connectivity index (χ0n) is 16.4. The number of imidazole rings is 1. The van der Waals surface area contributed by atoms with Gasteiger partial charge in [-0.1, -0.05) is 24.3 Å². The van der Waals surface area contributed by atoms with Crippen LogP contribution in [0, 0.1) is 5.92 Å². The number of hydrogen-bond donors (Lipinski definition) is 3. The number of aliphatic hydroxyl groups excluding tert-OH is 1. The monoisotopic (exact) mass is 398 g/mol. The highest BCUT2D eigenvalue weighted by Gasteiger charge is 2.28. The number of nitrogens with zero attached hydrogens (tertiary/aromatic N) is 2. The molecule has 0 saturated carbocycles. The molecule has 1 unspecified atom stereocenters. The standard InChI is InChI=1S/C24H22N4O2/c29-14-15-8-9-19-17(11-15)23(20-7-3-4-10-27(19)20)22-13-26-24(30)28(22)21-12-25-18-6-2-1-5-16(18)21/h1-7,10,12-13,15,25,29H,8-9,11,14H2,(H,26,30). The Morgan fingerprint density at radius 2 is 1.93 bits per heavy atom. The lowest BCUT2D eigenvalue weighted by molar-refractivity contribution is 0.213. The molecule has 1 aliphatic rings. The molecule has 0 aliphatic heterocycles. The molecule has 0 saturated heterocycles. The van der Waals surface area contributed by atoms with Crippen LogP contribution in [0.3, 0.4) is 0 Å². The van der Waals surface area contributed by atoms with Gasteiger partial charge in [0.25, 0.3) is 0 Å². The molecule has 4 aromatic heterocycles. The zero-order valence-corrected chi connectivity index (χ0v) is 16.4. The quantitative estimate of drug-likeness (QED) is 0.434. The van der Waals surface area contributed by atoms with Gasteiger partial charge >= 0.3 is 5.69 Å². The van der Waals surface area contributed by atoms with Crippen LogP contribution in [0.25, 0.3) is 33.4 Å². The molecular formula is C24H22N4O2. The molecule has 5 aromatic rings. The minimum atomic E-state index is -0.159. The van der Waals surface area contributed by atoms with E-state index in [0.29, 0.717) is 0 Å². The van der Waals surface area contributed by atoms with Crippen molar-refractivity contribution in [1.29, 1.82) is 0 Å². The fraction of sp³-hybridized carbons (Fsp3) is 0.208. The Morgan fingerprint density at radius 1 is 1.07 bits per heavy atom. The molecule has 0 fully saturated rings. The van der Waals surface area contributed by atoms with Crippen molar-refractivity contribution in [3.05, 3.63) is 82.8 Å². The smallest absolute Gasteiger partial charge is 0.330 e. The first kappa shape index (κ1) is 17.4. The molecule has 0 amide bonds. The second kappa shape index (κ2) is 6.50. The second-order valence-corrected chi connectivity index (χ2v) is 8.08. The van der Waals surface area contributed by atoms with Crippen LogP contribution in [0.15, 0.2) is 65.8 Å². The molecular weight excluding hydrogens is 376 g/mol. The summed E-state index contributed by atoms with van der Waals surface area (Å²) in [6.07, 6.45) is 8.52. The van der Waals surface area contributed by atoms with E-state index in [1.807, 2.05) is 48.8 Å². The van der Waals surface area contributed by atoms with Crippen molar-refractivity contribution in [1.82, 2.24) is 18.9 Å². The number of aromatic nitrogens is 4. The predicted octanol–water partition coefficient (Wildman–Crippen LogP) is 3.66. The highest BCUT2D eigenvalue weighted by molar-refractivity contribution is 5.91. The average Bonchev–Trinajstić information content (AvgIpc) is 3.46. The van der Waals surface area contributed by atoms with Crippen LogP contribution < -0.4 is 5.69 Å². The van der Waals surface area contributed by atoms with Crippen LogP contribution in [0.2, 0.25) is 0 Å². The molecule has 0 radical (unpaired) electrons. The lowest BCUT2D eigenvalue weighted by Gasteiger charge is -2.21. The summed E-state index contributed by atoms with van der Waals surface area (Å²) in [5.41, 5.74) is 7.22. The molecule has 0 spiro atoms. The van der Waals surface area contributed by atoms with Crippen LogP contribution in [0.4, 0.5) is 0 Å². The van der Waals surface area contributed by atoms with Gasteiger partial charge in [-0.2, -0.15) is 0 Å². The summed E-state index contributed by atoms with van der Waals surface area (Å²) in [7, 11) is 0. The van der Waals surface area contributed by atoms with E-state index in [-0.39, 0.29) is 18.2 Å². The number of aromatic amines is 2. The van der Waals surface area contributed by atoms with E-state index in [1.54, 1.807) is 4.57 Å². The Balaban J connectivity index is 1.67. The molecule has 1 aromatic carbocycles. The molecule has 3 N–H and O–H groups in total. The van der Waals surface area contributed by atoms with Gasteiger partial charge in [-0.15, -0.1) is 0 Å². The van der Waals surface area contributed by atoms with Crippen LogP contribution in [0.5, 0.6) is 0 Å². The number of rotatable bonds is 3. The van der Waals surface area contributed by atoms with Gasteiger partial charge in [0, 0.05) is 47.4 Å². The van der Waals surface area contributed by atoms with Gasteiger partial charge in [0.05, 0.1) is 16.9 Å². The molecule has 0 bridgehead atoms. The normalized spacial score (nSPS) is 16.4. The highest BCUT2D eigenvalue weighted by atomic mass is 16.3. The van der Waals surface area contributed by atoms with Crippen LogP contribution in [0.1, 0.15) is 17.7 Å². The summed E-state index contributed by atoms with van der Waals surface area (Å²) < 4.78 is 4.01. The molecule has 150 valence electrons. The van der Waals surface area contributed by atoms with E-state index < -0.39 is 0 Å². The summed E-state index contributed by atoms with van der Waals surface area (Å²) >= 11 is 0. The van der Waals surface area contributed by atoms with Crippen LogP contribution in [-0.4, -0.2) is 30.6 Å². The Kier molecular flexibility index (Phi) is 3.76. The predicted molar refractivity (Wildman–Crippen MR) is 117 cm³/mol. The summed E-state index contributed by atoms with van der Waals surface area (Å²) in [4.78, 5) is 19.1. The first-order chi connectivity index (χ1) is 14.8. The first-order valence-corrected chi connectivity index (χ1v) is 10.3. The van der Waals surface area contributed by atoms with E-state index in [1.165, 1.54) is 11.3 Å². The number of aliphatic hydroxyl groups is 1. The molecule has 4 heterocycles. The van der Waals surface area contributed by atoms with Gasteiger partial charge in [0.2, 0.25) is 0 Å². The summed E-state index contributed by atoms with van der Waals surface area (Å²) in [5.74, 6) is 0.251. The first-order valence-electron chi connectivity index (χ1n) is 10.3. The lowest BCUT2D eigenvalue weighted by Crippen LogP contribution is -2.18. The molecule has 6 nitrogen and oxygen atoms in total. The van der Waals surface area contributed by atoms with Crippen LogP contribution in [-0.2, 0) is 12.8 Å². The fourth-order valence-corrected chi connectivity index (χ4v) is 5.02. The number of para-hydroxylation sites is 1. The third-order valence-corrected chi connectivity index (χ3v) is 6.44. The number of benzene rings is 1. The highest BCUT2D eigenvalue weighted by Crippen LogP contribution is 2.39. The third kappa shape index (κ3) is 2.37. The van der Waals surface area contributed by atoms with Gasteiger partial charge in [-0.05, 0) is 48.9 Å². The number of hydrogen-bond acceptors (Lipinski definition) is 2. The Hall–Kier alpha value is -3.51. The van der Waals surface area contributed by atoms with E-state index in [2.05, 4.69) is 26.6 Å². The van der Waals surface area contributed by atoms with E-state index in [4.69, 9.17) is 0 Å². The zero-order chi connectivity index (χ0) is 20.2. The van der Waals surface area contributed by atoms with E-state index in [0.717, 1.165) is 52.6 Å². The number of aryl methyl sites for hydroxylation is 1. The summed E-state index contributed by atoms with van der Waals surface area (Å²) in [6, 6.07) is 14.2. The van der Waals surface area contributed by atoms with Gasteiger partial charge in [-0.25, -0.2) is 4.79 Å². The largest absolute Gasteiger partial charge is 0.396 e. The lowest BCUT2D eigenvalue weighted by atomic mass is 9.85. The Labute approximate surface area is 172 Å². The number of nitrogens with one attached hydrogen (secondary N) is 2. The molecule has 1 atom stereocenters. The van der Waals surface area contributed by atoms with Crippen molar-refractivity contribution in [3.8, 4) is 16.9 Å². The molecule has 6 heteroatoms. The summed E-state index contributed by atoms with van der Waals surface area (Å²) in [5, 5.41) is 10.8. The van der Waals surface area contributed by atoms with Gasteiger partial charge in [-0.3, -0.25) is 4.57 Å². The van der Waals surface area contributed by atoms with E-state index in [9.17, 15) is 9.90 Å². The Bertz CT molecular complexity index is 1450. The van der Waals surface area contributed by atoms with Crippen molar-refractivity contribution in [2.75, 3.05) is 6.61 Å². The van der Waals surface area contributed by atoms with Crippen molar-refractivity contribution in [3.63, 3.8) is 0 Å². The fourth-order valence-electron chi connectivity index (χ4n) is 5.02. The molecule has 6 rings (SSSR count). The Morgan fingerprint density at radius 3 is 2.83 bits per heavy atom. The van der Waals surface area contributed by atoms with Gasteiger partial charge in [0.15, 0.2) is 0 Å².